The number of fused-ring (bicyclic) bond motifs is 1. The highest BCUT2D eigenvalue weighted by atomic mass is 16.5. The van der Waals surface area contributed by atoms with E-state index in [2.05, 4.69) is 32.0 Å². The van der Waals surface area contributed by atoms with Crippen LogP contribution < -0.4 is 15.4 Å². The number of nitrogens with two attached hydrogens (primary N) is 1. The fraction of sp³-hybridized carbons (Fsp3) is 0.308. The van der Waals surface area contributed by atoms with Crippen molar-refractivity contribution >= 4 is 11.9 Å². The quantitative estimate of drug-likeness (QED) is 0.895. The zero-order chi connectivity index (χ0) is 13.2. The lowest BCUT2D eigenvalue weighted by molar-refractivity contribution is 0.312. The van der Waals surface area contributed by atoms with Crippen molar-refractivity contribution in [3.63, 3.8) is 0 Å². The summed E-state index contributed by atoms with van der Waals surface area (Å²) >= 11 is 0. The van der Waals surface area contributed by atoms with Gasteiger partial charge in [-0.2, -0.15) is 15.0 Å². The van der Waals surface area contributed by atoms with Crippen LogP contribution in [0.5, 0.6) is 6.01 Å². The Kier molecular flexibility index (Phi) is 2.91. The molecule has 1 aliphatic heterocycles. The molecule has 6 heteroatoms. The first kappa shape index (κ1) is 11.7. The minimum atomic E-state index is 0.185. The van der Waals surface area contributed by atoms with Gasteiger partial charge in [0.25, 0.3) is 0 Å². The van der Waals surface area contributed by atoms with E-state index in [-0.39, 0.29) is 12.0 Å². The Morgan fingerprint density at radius 3 is 2.47 bits per heavy atom. The molecule has 1 aromatic carbocycles. The van der Waals surface area contributed by atoms with Crippen LogP contribution in [0, 0.1) is 0 Å². The Morgan fingerprint density at radius 1 is 1.16 bits per heavy atom. The second kappa shape index (κ2) is 4.72. The van der Waals surface area contributed by atoms with Gasteiger partial charge in [-0.05, 0) is 18.1 Å². The van der Waals surface area contributed by atoms with Crippen LogP contribution >= 0.6 is 0 Å². The van der Waals surface area contributed by atoms with E-state index in [1.54, 1.807) is 0 Å². The van der Waals surface area contributed by atoms with Gasteiger partial charge in [0, 0.05) is 13.1 Å². The number of nitrogen functional groups attached to an aromatic ring is 1. The first-order valence-corrected chi connectivity index (χ1v) is 6.22. The lowest BCUT2D eigenvalue weighted by Crippen LogP contribution is -2.19. The molecule has 0 saturated carbocycles. The van der Waals surface area contributed by atoms with Gasteiger partial charge in [0.1, 0.15) is 0 Å². The molecule has 0 amide bonds. The molecule has 0 atom stereocenters. The third-order valence-corrected chi connectivity index (χ3v) is 3.02. The fourth-order valence-corrected chi connectivity index (χ4v) is 2.17. The first-order valence-electron chi connectivity index (χ1n) is 6.22. The second-order valence-electron chi connectivity index (χ2n) is 4.33. The molecular formula is C13H15N5O. The third kappa shape index (κ3) is 2.29. The van der Waals surface area contributed by atoms with E-state index >= 15 is 0 Å². The van der Waals surface area contributed by atoms with E-state index in [0.717, 1.165) is 13.1 Å². The minimum Gasteiger partial charge on any atom is -0.464 e. The number of anilines is 2. The molecule has 0 fully saturated rings. The second-order valence-corrected chi connectivity index (χ2v) is 4.33. The van der Waals surface area contributed by atoms with Crippen molar-refractivity contribution in [3.05, 3.63) is 35.4 Å². The SMILES string of the molecule is CCOc1nc(N)nc(N2Cc3ccccc3C2)n1. The topological polar surface area (TPSA) is 77.2 Å². The molecule has 0 unspecified atom stereocenters. The van der Waals surface area contributed by atoms with Crippen molar-refractivity contribution in [1.82, 2.24) is 15.0 Å². The standard InChI is InChI=1S/C13H15N5O/c1-2-19-13-16-11(14)15-12(17-13)18-7-9-5-3-4-6-10(9)8-18/h3-6H,2,7-8H2,1H3,(H2,14,15,16,17). The number of hydrogen-bond acceptors (Lipinski definition) is 6. The van der Waals surface area contributed by atoms with Crippen molar-refractivity contribution in [2.24, 2.45) is 0 Å². The number of benzene rings is 1. The van der Waals surface area contributed by atoms with Crippen LogP contribution in [0.3, 0.4) is 0 Å². The fourth-order valence-electron chi connectivity index (χ4n) is 2.17. The molecule has 2 N–H and O–H groups in total. The van der Waals surface area contributed by atoms with Gasteiger partial charge in [0.2, 0.25) is 11.9 Å². The summed E-state index contributed by atoms with van der Waals surface area (Å²) in [5.41, 5.74) is 8.28. The number of ether oxygens (including phenoxy) is 1. The van der Waals surface area contributed by atoms with Gasteiger partial charge in [-0.25, -0.2) is 0 Å². The van der Waals surface area contributed by atoms with Gasteiger partial charge in [-0.15, -0.1) is 0 Å². The van der Waals surface area contributed by atoms with Gasteiger partial charge >= 0.3 is 6.01 Å². The van der Waals surface area contributed by atoms with Crippen LogP contribution in [-0.2, 0) is 13.1 Å². The third-order valence-electron chi connectivity index (χ3n) is 3.02. The van der Waals surface area contributed by atoms with E-state index in [9.17, 15) is 0 Å². The maximum Gasteiger partial charge on any atom is 0.323 e. The monoisotopic (exact) mass is 257 g/mol. The predicted octanol–water partition coefficient (Wildman–Crippen LogP) is 1.37. The van der Waals surface area contributed by atoms with Crippen molar-refractivity contribution in [3.8, 4) is 6.01 Å². The maximum absolute atomic E-state index is 5.69. The van der Waals surface area contributed by atoms with E-state index < -0.39 is 0 Å². The normalized spacial score (nSPS) is 13.4. The Bertz CT molecular complexity index is 576. The number of aromatic nitrogens is 3. The smallest absolute Gasteiger partial charge is 0.323 e. The van der Waals surface area contributed by atoms with E-state index in [4.69, 9.17) is 10.5 Å². The summed E-state index contributed by atoms with van der Waals surface area (Å²) in [5.74, 6) is 0.747. The summed E-state index contributed by atoms with van der Waals surface area (Å²) in [6.07, 6.45) is 0. The predicted molar refractivity (Wildman–Crippen MR) is 71.7 cm³/mol. The van der Waals surface area contributed by atoms with Crippen LogP contribution in [0.15, 0.2) is 24.3 Å². The van der Waals surface area contributed by atoms with Crippen molar-refractivity contribution in [2.75, 3.05) is 17.2 Å². The summed E-state index contributed by atoms with van der Waals surface area (Å²) in [4.78, 5) is 14.5. The average molecular weight is 257 g/mol. The number of rotatable bonds is 3. The Balaban J connectivity index is 1.88. The van der Waals surface area contributed by atoms with Gasteiger partial charge in [-0.3, -0.25) is 0 Å². The molecule has 0 saturated heterocycles. The van der Waals surface area contributed by atoms with Gasteiger partial charge in [-0.1, -0.05) is 24.3 Å². The molecular weight excluding hydrogens is 242 g/mol. The van der Waals surface area contributed by atoms with Crippen LogP contribution in [0.25, 0.3) is 0 Å². The Labute approximate surface area is 111 Å². The molecule has 98 valence electrons. The molecule has 2 aromatic rings. The first-order chi connectivity index (χ1) is 9.26. The van der Waals surface area contributed by atoms with Crippen molar-refractivity contribution < 1.29 is 4.74 Å². The molecule has 19 heavy (non-hydrogen) atoms. The zero-order valence-corrected chi connectivity index (χ0v) is 10.7. The highest BCUT2D eigenvalue weighted by Crippen LogP contribution is 2.26. The van der Waals surface area contributed by atoms with Crippen molar-refractivity contribution in [2.45, 2.75) is 20.0 Å². The molecule has 0 radical (unpaired) electrons. The molecule has 0 aliphatic carbocycles. The molecule has 2 heterocycles. The summed E-state index contributed by atoms with van der Waals surface area (Å²) in [5, 5.41) is 0. The Hall–Kier alpha value is -2.37. The summed E-state index contributed by atoms with van der Waals surface area (Å²) in [6.45, 7) is 3.95. The summed E-state index contributed by atoms with van der Waals surface area (Å²) in [6, 6.07) is 8.58. The highest BCUT2D eigenvalue weighted by Gasteiger charge is 2.21. The number of hydrogen-bond donors (Lipinski definition) is 1. The van der Waals surface area contributed by atoms with Crippen LogP contribution in [0.2, 0.25) is 0 Å². The molecule has 0 bridgehead atoms. The zero-order valence-electron chi connectivity index (χ0n) is 10.7. The molecule has 1 aliphatic rings. The minimum absolute atomic E-state index is 0.185. The van der Waals surface area contributed by atoms with Crippen LogP contribution in [-0.4, -0.2) is 21.6 Å². The van der Waals surface area contributed by atoms with Crippen molar-refractivity contribution in [1.29, 1.82) is 0 Å². The van der Waals surface area contributed by atoms with Gasteiger partial charge in [0.05, 0.1) is 6.61 Å². The van der Waals surface area contributed by atoms with E-state index in [1.807, 2.05) is 19.1 Å². The molecule has 3 rings (SSSR count). The molecule has 0 spiro atoms. The Morgan fingerprint density at radius 2 is 1.84 bits per heavy atom. The number of nitrogens with zero attached hydrogens (tertiary/aromatic N) is 4. The van der Waals surface area contributed by atoms with E-state index in [0.29, 0.717) is 12.6 Å². The van der Waals surface area contributed by atoms with Gasteiger partial charge in [0.15, 0.2) is 0 Å². The van der Waals surface area contributed by atoms with E-state index in [1.165, 1.54) is 11.1 Å². The molecule has 1 aromatic heterocycles. The summed E-state index contributed by atoms with van der Waals surface area (Å²) < 4.78 is 5.30. The lowest BCUT2D eigenvalue weighted by Gasteiger charge is -2.15. The van der Waals surface area contributed by atoms with Gasteiger partial charge < -0.3 is 15.4 Å². The van der Waals surface area contributed by atoms with Crippen LogP contribution in [0.1, 0.15) is 18.1 Å². The average Bonchev–Trinajstić information content (AvgIpc) is 2.82. The highest BCUT2D eigenvalue weighted by molar-refractivity contribution is 5.45. The largest absolute Gasteiger partial charge is 0.464 e. The summed E-state index contributed by atoms with van der Waals surface area (Å²) in [7, 11) is 0. The molecule has 6 nitrogen and oxygen atoms in total. The lowest BCUT2D eigenvalue weighted by atomic mass is 10.1. The van der Waals surface area contributed by atoms with Crippen LogP contribution in [0.4, 0.5) is 11.9 Å². The maximum atomic E-state index is 5.69.